The molecule has 1 amide bonds. The minimum atomic E-state index is -4.23. The number of carbonyl (C=O) groups is 1. The van der Waals surface area contributed by atoms with Crippen LogP contribution in [0.2, 0.25) is 0 Å². The molecule has 2 aromatic rings. The number of aromatic hydroxyl groups is 1. The Bertz CT molecular complexity index is 974. The fourth-order valence-electron chi connectivity index (χ4n) is 2.60. The lowest BCUT2D eigenvalue weighted by molar-refractivity contribution is -0.117. The number of benzene rings is 1. The number of pyridine rings is 1. The van der Waals surface area contributed by atoms with Gasteiger partial charge in [0.05, 0.1) is 0 Å². The van der Waals surface area contributed by atoms with E-state index in [1.54, 1.807) is 16.9 Å². The third kappa shape index (κ3) is 2.39. The zero-order chi connectivity index (χ0) is 17.1. The Hall–Kier alpha value is -2.62. The summed E-state index contributed by atoms with van der Waals surface area (Å²) >= 11 is 0. The van der Waals surface area contributed by atoms with Gasteiger partial charge in [0.25, 0.3) is 5.91 Å². The Kier molecular flexibility index (Phi) is 3.07. The van der Waals surface area contributed by atoms with Crippen molar-refractivity contribution in [3.63, 3.8) is 0 Å². The fraction of sp³-hybridized carbons (Fsp3) is 0.286. The topological polar surface area (TPSA) is 112 Å². The van der Waals surface area contributed by atoms with E-state index >= 15 is 0 Å². The number of phenolic OH excluding ortho intramolecular Hbond substituents is 1. The number of aromatic nitrogens is 1. The van der Waals surface area contributed by atoms with Gasteiger partial charge >= 0.3 is 10.2 Å². The van der Waals surface area contributed by atoms with Gasteiger partial charge in [-0.3, -0.25) is 4.79 Å². The molecule has 3 N–H and O–H groups in total. The molecule has 1 aliphatic heterocycles. The number of hydrogen-bond acceptors (Lipinski definition) is 6. The van der Waals surface area contributed by atoms with Gasteiger partial charge in [-0.15, -0.1) is 0 Å². The predicted molar refractivity (Wildman–Crippen MR) is 84.4 cm³/mol. The number of nitrogens with one attached hydrogen (secondary N) is 2. The first-order chi connectivity index (χ1) is 11.3. The molecule has 0 radical (unpaired) electrons. The van der Waals surface area contributed by atoms with E-state index in [9.17, 15) is 22.7 Å². The summed E-state index contributed by atoms with van der Waals surface area (Å²) < 4.78 is 41.0. The van der Waals surface area contributed by atoms with E-state index in [0.29, 0.717) is 21.6 Å². The van der Waals surface area contributed by atoms with Crippen molar-refractivity contribution < 1.29 is 22.7 Å². The molecule has 24 heavy (non-hydrogen) atoms. The molecule has 1 saturated carbocycles. The Balaban J connectivity index is 1.87. The summed E-state index contributed by atoms with van der Waals surface area (Å²) in [5.74, 6) is -1.90. The summed E-state index contributed by atoms with van der Waals surface area (Å²) in [6.45, 7) is -0.599. The first-order valence-corrected chi connectivity index (χ1v) is 8.71. The van der Waals surface area contributed by atoms with Crippen LogP contribution in [0.5, 0.6) is 5.75 Å². The van der Waals surface area contributed by atoms with E-state index in [-0.39, 0.29) is 5.52 Å². The molecular weight excluding hydrogens is 339 g/mol. The van der Waals surface area contributed by atoms with Crippen molar-refractivity contribution >= 4 is 38.5 Å². The Labute approximate surface area is 136 Å². The van der Waals surface area contributed by atoms with Crippen molar-refractivity contribution in [1.82, 2.24) is 9.71 Å². The van der Waals surface area contributed by atoms with Gasteiger partial charge in [0, 0.05) is 11.4 Å². The van der Waals surface area contributed by atoms with Crippen LogP contribution in [0.3, 0.4) is 0 Å². The van der Waals surface area contributed by atoms with Crippen LogP contribution >= 0.6 is 0 Å². The number of halogens is 1. The fourth-order valence-corrected chi connectivity index (χ4v) is 3.77. The van der Waals surface area contributed by atoms with Gasteiger partial charge in [-0.25, -0.2) is 18.4 Å². The number of carbonyl (C=O) groups excluding carboxylic acids is 1. The van der Waals surface area contributed by atoms with Crippen molar-refractivity contribution in [2.75, 3.05) is 16.2 Å². The highest BCUT2D eigenvalue weighted by atomic mass is 32.2. The summed E-state index contributed by atoms with van der Waals surface area (Å²) in [6, 6.07) is 4.79. The average Bonchev–Trinajstić information content (AvgIpc) is 3.25. The number of hydrogen-bond donors (Lipinski definition) is 3. The van der Waals surface area contributed by atoms with E-state index in [0.717, 1.165) is 12.8 Å². The molecule has 8 nitrogen and oxygen atoms in total. The van der Waals surface area contributed by atoms with Crippen molar-refractivity contribution in [2.24, 2.45) is 0 Å². The third-order valence-corrected chi connectivity index (χ3v) is 5.25. The second-order valence-electron chi connectivity index (χ2n) is 5.78. The van der Waals surface area contributed by atoms with Crippen LogP contribution in [0.25, 0.3) is 10.9 Å². The molecule has 2 heterocycles. The molecular formula is C14H13FN4O4S. The second kappa shape index (κ2) is 4.94. The largest absolute Gasteiger partial charge is 0.506 e. The molecule has 4 rings (SSSR count). The first-order valence-electron chi connectivity index (χ1n) is 7.27. The van der Waals surface area contributed by atoms with E-state index in [1.807, 2.05) is 0 Å². The van der Waals surface area contributed by atoms with Gasteiger partial charge in [0.2, 0.25) is 0 Å². The van der Waals surface area contributed by atoms with E-state index in [4.69, 9.17) is 0 Å². The quantitative estimate of drug-likeness (QED) is 0.755. The Morgan fingerprint density at radius 2 is 2.12 bits per heavy atom. The maximum Gasteiger partial charge on any atom is 0.326 e. The molecule has 1 aromatic carbocycles. The van der Waals surface area contributed by atoms with Crippen LogP contribution in [-0.4, -0.2) is 37.0 Å². The number of rotatable bonds is 3. The molecule has 0 atom stereocenters. The first kappa shape index (κ1) is 14.9. The minimum Gasteiger partial charge on any atom is -0.506 e. The van der Waals surface area contributed by atoms with Crippen molar-refractivity contribution in [3.05, 3.63) is 24.0 Å². The van der Waals surface area contributed by atoms with Gasteiger partial charge in [-0.05, 0) is 31.0 Å². The summed E-state index contributed by atoms with van der Waals surface area (Å²) in [6.07, 6.45) is 2.03. The van der Waals surface area contributed by atoms with Crippen LogP contribution < -0.4 is 14.3 Å². The van der Waals surface area contributed by atoms with E-state index in [1.165, 1.54) is 6.07 Å². The lowest BCUT2D eigenvalue weighted by Gasteiger charge is -2.18. The van der Waals surface area contributed by atoms with Crippen molar-refractivity contribution in [2.45, 2.75) is 18.9 Å². The summed E-state index contributed by atoms with van der Waals surface area (Å²) in [5, 5.41) is 13.5. The van der Waals surface area contributed by atoms with Gasteiger partial charge in [-0.2, -0.15) is 8.42 Å². The van der Waals surface area contributed by atoms with Gasteiger partial charge in [0.1, 0.15) is 29.3 Å². The standard InChI is InChI=1S/C14H13FN4O4S/c15-12-13-7(1-4-10(17-13)16-8-2-3-8)5-9(20)14(12)19-6-11(21)18-24(19,22)23/h1,4-5,8,20H,2-3,6H2,(H,16,17)(H,18,21). The highest BCUT2D eigenvalue weighted by molar-refractivity contribution is 7.92. The van der Waals surface area contributed by atoms with Crippen LogP contribution in [0.15, 0.2) is 18.2 Å². The molecule has 1 aliphatic carbocycles. The van der Waals surface area contributed by atoms with E-state index < -0.39 is 39.9 Å². The van der Waals surface area contributed by atoms with Gasteiger partial charge < -0.3 is 10.4 Å². The predicted octanol–water partition coefficient (Wildman–Crippen LogP) is 0.835. The number of nitrogens with zero attached hydrogens (tertiary/aromatic N) is 2. The number of fused-ring (bicyclic) bond motifs is 1. The highest BCUT2D eigenvalue weighted by Crippen LogP contribution is 2.38. The van der Waals surface area contributed by atoms with Crippen LogP contribution in [0.1, 0.15) is 12.8 Å². The van der Waals surface area contributed by atoms with Crippen LogP contribution in [-0.2, 0) is 15.0 Å². The van der Waals surface area contributed by atoms with Gasteiger partial charge in [-0.1, -0.05) is 0 Å². The third-order valence-electron chi connectivity index (χ3n) is 3.88. The smallest absolute Gasteiger partial charge is 0.326 e. The Morgan fingerprint density at radius 3 is 2.75 bits per heavy atom. The average molecular weight is 352 g/mol. The maximum atomic E-state index is 14.9. The number of anilines is 2. The zero-order valence-corrected chi connectivity index (χ0v) is 13.1. The minimum absolute atomic E-state index is 0.0806. The Morgan fingerprint density at radius 1 is 1.38 bits per heavy atom. The zero-order valence-electron chi connectivity index (χ0n) is 12.3. The van der Waals surface area contributed by atoms with Gasteiger partial charge in [0.15, 0.2) is 5.82 Å². The summed E-state index contributed by atoms with van der Waals surface area (Å²) in [5.41, 5.74) is -0.667. The summed E-state index contributed by atoms with van der Waals surface area (Å²) in [4.78, 5) is 15.5. The molecule has 2 aliphatic rings. The van der Waals surface area contributed by atoms with Crippen LogP contribution in [0.4, 0.5) is 15.9 Å². The molecule has 0 unspecified atom stereocenters. The van der Waals surface area contributed by atoms with E-state index in [2.05, 4.69) is 10.3 Å². The monoisotopic (exact) mass is 352 g/mol. The molecule has 1 saturated heterocycles. The second-order valence-corrected chi connectivity index (χ2v) is 7.38. The maximum absolute atomic E-state index is 14.9. The lowest BCUT2D eigenvalue weighted by Crippen LogP contribution is -2.30. The number of amides is 1. The lowest BCUT2D eigenvalue weighted by atomic mass is 10.1. The SMILES string of the molecule is O=C1CN(c2c(O)cc3ccc(NC4CC4)nc3c2F)S(=O)(=O)N1. The molecule has 2 fully saturated rings. The highest BCUT2D eigenvalue weighted by Gasteiger charge is 2.38. The molecule has 0 bridgehead atoms. The normalized spacial score (nSPS) is 19.5. The summed E-state index contributed by atoms with van der Waals surface area (Å²) in [7, 11) is -4.23. The number of phenols is 1. The van der Waals surface area contributed by atoms with Crippen LogP contribution in [0, 0.1) is 5.82 Å². The molecule has 10 heteroatoms. The van der Waals surface area contributed by atoms with Crippen molar-refractivity contribution in [1.29, 1.82) is 0 Å². The molecule has 0 spiro atoms. The van der Waals surface area contributed by atoms with Crippen molar-refractivity contribution in [3.8, 4) is 5.75 Å². The molecule has 1 aromatic heterocycles. The molecule has 126 valence electrons.